The SMILES string of the molecule is O=C(Cc1ccccc1)c1c[c]c(F)cc1. The number of carbonyl (C=O) groups excluding carboxylic acids is 1. The summed E-state index contributed by atoms with van der Waals surface area (Å²) in [5.74, 6) is -0.473. The Morgan fingerprint density at radius 1 is 1.12 bits per heavy atom. The van der Waals surface area contributed by atoms with E-state index in [1.54, 1.807) is 0 Å². The highest BCUT2D eigenvalue weighted by Crippen LogP contribution is 2.08. The molecule has 2 aromatic carbocycles. The highest BCUT2D eigenvalue weighted by Gasteiger charge is 2.06. The van der Waals surface area contributed by atoms with Gasteiger partial charge in [-0.05, 0) is 23.8 Å². The Labute approximate surface area is 93.5 Å². The molecule has 0 aromatic heterocycles. The highest BCUT2D eigenvalue weighted by atomic mass is 19.1. The summed E-state index contributed by atoms with van der Waals surface area (Å²) in [6.45, 7) is 0. The smallest absolute Gasteiger partial charge is 0.167 e. The highest BCUT2D eigenvalue weighted by molar-refractivity contribution is 5.97. The number of ketones is 1. The van der Waals surface area contributed by atoms with Crippen LogP contribution >= 0.6 is 0 Å². The molecule has 0 amide bonds. The third-order valence-electron chi connectivity index (χ3n) is 2.30. The third-order valence-corrected chi connectivity index (χ3v) is 2.30. The second-order valence-corrected chi connectivity index (χ2v) is 3.51. The summed E-state index contributed by atoms with van der Waals surface area (Å²) in [6, 6.07) is 16.0. The van der Waals surface area contributed by atoms with Crippen molar-refractivity contribution in [1.29, 1.82) is 0 Å². The number of rotatable bonds is 3. The summed E-state index contributed by atoms with van der Waals surface area (Å²) in [7, 11) is 0. The van der Waals surface area contributed by atoms with Gasteiger partial charge in [0.2, 0.25) is 0 Å². The van der Waals surface area contributed by atoms with Crippen LogP contribution in [-0.4, -0.2) is 5.78 Å². The molecule has 0 fully saturated rings. The minimum Gasteiger partial charge on any atom is -0.294 e. The van der Waals surface area contributed by atoms with Gasteiger partial charge in [0.15, 0.2) is 5.78 Å². The van der Waals surface area contributed by atoms with Gasteiger partial charge in [0.1, 0.15) is 5.82 Å². The molecular weight excluding hydrogens is 203 g/mol. The number of benzene rings is 2. The van der Waals surface area contributed by atoms with Crippen molar-refractivity contribution in [2.75, 3.05) is 0 Å². The molecule has 0 N–H and O–H groups in total. The van der Waals surface area contributed by atoms with Crippen LogP contribution in [0.1, 0.15) is 15.9 Å². The summed E-state index contributed by atoms with van der Waals surface area (Å²) in [6.07, 6.45) is 0.334. The van der Waals surface area contributed by atoms with E-state index in [9.17, 15) is 9.18 Å². The van der Waals surface area contributed by atoms with Crippen molar-refractivity contribution < 1.29 is 9.18 Å². The van der Waals surface area contributed by atoms with Crippen LogP contribution in [0.25, 0.3) is 0 Å². The molecule has 0 bridgehead atoms. The fourth-order valence-corrected chi connectivity index (χ4v) is 1.46. The van der Waals surface area contributed by atoms with E-state index in [1.165, 1.54) is 18.2 Å². The van der Waals surface area contributed by atoms with Crippen LogP contribution in [0.3, 0.4) is 0 Å². The second kappa shape index (κ2) is 4.71. The first-order valence-electron chi connectivity index (χ1n) is 5.00. The Morgan fingerprint density at radius 3 is 2.50 bits per heavy atom. The summed E-state index contributed by atoms with van der Waals surface area (Å²) < 4.78 is 12.6. The van der Waals surface area contributed by atoms with Gasteiger partial charge in [-0.15, -0.1) is 0 Å². The van der Waals surface area contributed by atoms with Crippen LogP contribution < -0.4 is 0 Å². The van der Waals surface area contributed by atoms with E-state index < -0.39 is 5.82 Å². The predicted octanol–water partition coefficient (Wildman–Crippen LogP) is 3.05. The molecule has 2 rings (SSSR count). The van der Waals surface area contributed by atoms with E-state index in [0.29, 0.717) is 12.0 Å². The van der Waals surface area contributed by atoms with Crippen LogP contribution in [0.4, 0.5) is 4.39 Å². The van der Waals surface area contributed by atoms with E-state index in [-0.39, 0.29) is 5.78 Å². The van der Waals surface area contributed by atoms with E-state index in [0.717, 1.165) is 5.56 Å². The molecule has 79 valence electrons. The number of carbonyl (C=O) groups is 1. The molecule has 1 nitrogen and oxygen atoms in total. The third kappa shape index (κ3) is 2.54. The van der Waals surface area contributed by atoms with Gasteiger partial charge >= 0.3 is 0 Å². The van der Waals surface area contributed by atoms with E-state index in [1.807, 2.05) is 30.3 Å². The monoisotopic (exact) mass is 213 g/mol. The molecule has 0 spiro atoms. The van der Waals surface area contributed by atoms with Gasteiger partial charge in [0, 0.05) is 18.1 Å². The van der Waals surface area contributed by atoms with Gasteiger partial charge in [-0.1, -0.05) is 30.3 Å². The Morgan fingerprint density at radius 2 is 1.88 bits per heavy atom. The average molecular weight is 213 g/mol. The van der Waals surface area contributed by atoms with Crippen LogP contribution in [0.15, 0.2) is 48.5 Å². The van der Waals surface area contributed by atoms with Crippen molar-refractivity contribution in [3.8, 4) is 0 Å². The zero-order valence-electron chi connectivity index (χ0n) is 8.61. The first-order valence-corrected chi connectivity index (χ1v) is 5.00. The minimum atomic E-state index is -0.448. The lowest BCUT2D eigenvalue weighted by Crippen LogP contribution is -2.03. The lowest BCUT2D eigenvalue weighted by Gasteiger charge is -2.00. The number of halogens is 1. The molecule has 0 aliphatic rings. The number of hydrogen-bond donors (Lipinski definition) is 0. The molecule has 16 heavy (non-hydrogen) atoms. The molecule has 0 atom stereocenters. The van der Waals surface area contributed by atoms with E-state index >= 15 is 0 Å². The van der Waals surface area contributed by atoms with Crippen LogP contribution in [0.2, 0.25) is 0 Å². The van der Waals surface area contributed by atoms with Crippen LogP contribution in [0.5, 0.6) is 0 Å². The lowest BCUT2D eigenvalue weighted by atomic mass is 10.0. The van der Waals surface area contributed by atoms with Crippen molar-refractivity contribution in [3.05, 3.63) is 71.5 Å². The molecule has 2 aromatic rings. The van der Waals surface area contributed by atoms with Gasteiger partial charge in [-0.3, -0.25) is 4.79 Å². The van der Waals surface area contributed by atoms with Crippen molar-refractivity contribution in [3.63, 3.8) is 0 Å². The molecular formula is C14H10FO. The lowest BCUT2D eigenvalue weighted by molar-refractivity contribution is 0.0993. The van der Waals surface area contributed by atoms with Gasteiger partial charge in [-0.25, -0.2) is 4.39 Å². The second-order valence-electron chi connectivity index (χ2n) is 3.51. The van der Waals surface area contributed by atoms with Crippen molar-refractivity contribution in [2.24, 2.45) is 0 Å². The molecule has 0 unspecified atom stereocenters. The van der Waals surface area contributed by atoms with Crippen LogP contribution in [-0.2, 0) is 6.42 Å². The molecule has 1 radical (unpaired) electrons. The van der Waals surface area contributed by atoms with Crippen molar-refractivity contribution >= 4 is 5.78 Å². The predicted molar refractivity (Wildman–Crippen MR) is 59.7 cm³/mol. The normalized spacial score (nSPS) is 10.1. The van der Waals surface area contributed by atoms with Gasteiger partial charge < -0.3 is 0 Å². The van der Waals surface area contributed by atoms with Crippen LogP contribution in [0, 0.1) is 11.9 Å². The maximum absolute atomic E-state index is 12.6. The fourth-order valence-electron chi connectivity index (χ4n) is 1.46. The zero-order valence-corrected chi connectivity index (χ0v) is 8.61. The molecule has 0 aliphatic heterocycles. The molecule has 0 saturated heterocycles. The standard InChI is InChI=1S/C14H10FO/c15-13-8-6-12(7-9-13)14(16)10-11-4-2-1-3-5-11/h1-8H,10H2. The quantitative estimate of drug-likeness (QED) is 0.716. The van der Waals surface area contributed by atoms with Gasteiger partial charge in [-0.2, -0.15) is 0 Å². The largest absolute Gasteiger partial charge is 0.294 e. The first-order chi connectivity index (χ1) is 7.75. The van der Waals surface area contributed by atoms with E-state index in [2.05, 4.69) is 6.07 Å². The Balaban J connectivity index is 2.12. The zero-order chi connectivity index (χ0) is 11.4. The topological polar surface area (TPSA) is 17.1 Å². The Kier molecular flexibility index (Phi) is 3.10. The van der Waals surface area contributed by atoms with Crippen molar-refractivity contribution in [1.82, 2.24) is 0 Å². The summed E-state index contributed by atoms with van der Waals surface area (Å²) in [5.41, 5.74) is 1.45. The first kappa shape index (κ1) is 10.6. The maximum Gasteiger partial charge on any atom is 0.167 e. The summed E-state index contributed by atoms with van der Waals surface area (Å²) in [4.78, 5) is 11.8. The molecule has 2 heteroatoms. The molecule has 0 saturated carbocycles. The number of hydrogen-bond acceptors (Lipinski definition) is 1. The summed E-state index contributed by atoms with van der Waals surface area (Å²) in [5, 5.41) is 0. The maximum atomic E-state index is 12.6. The summed E-state index contributed by atoms with van der Waals surface area (Å²) >= 11 is 0. The number of Topliss-reactive ketones (excluding diaryl/α,β-unsaturated/α-hetero) is 1. The van der Waals surface area contributed by atoms with Gasteiger partial charge in [0.05, 0.1) is 0 Å². The Bertz CT molecular complexity index is 474. The van der Waals surface area contributed by atoms with E-state index in [4.69, 9.17) is 0 Å². The average Bonchev–Trinajstić information content (AvgIpc) is 2.31. The van der Waals surface area contributed by atoms with Crippen molar-refractivity contribution in [2.45, 2.75) is 6.42 Å². The fraction of sp³-hybridized carbons (Fsp3) is 0.0714. The van der Waals surface area contributed by atoms with Gasteiger partial charge in [0.25, 0.3) is 0 Å². The Hall–Kier alpha value is -1.96. The molecule has 0 aliphatic carbocycles. The molecule has 0 heterocycles. The minimum absolute atomic E-state index is 0.0255.